The number of imidazole rings is 1. The second-order valence-electron chi connectivity index (χ2n) is 15.8. The zero-order valence-electron chi connectivity index (χ0n) is 29.7. The van der Waals surface area contributed by atoms with Gasteiger partial charge in [0.1, 0.15) is 18.0 Å². The van der Waals surface area contributed by atoms with E-state index in [1.165, 1.54) is 32.4 Å². The summed E-state index contributed by atoms with van der Waals surface area (Å²) in [5, 5.41) is 6.28. The van der Waals surface area contributed by atoms with E-state index >= 15 is 0 Å². The second kappa shape index (κ2) is 12.1. The zero-order valence-corrected chi connectivity index (χ0v) is 29.7. The number of alkyl halides is 1. The number of fused-ring (bicyclic) bond motifs is 2. The lowest BCUT2D eigenvalue weighted by molar-refractivity contribution is -0.123. The molecule has 4 aromatic rings. The molecule has 10 nitrogen and oxygen atoms in total. The smallest absolute Gasteiger partial charge is 0.252 e. The van der Waals surface area contributed by atoms with Gasteiger partial charge in [0.15, 0.2) is 5.82 Å². The van der Waals surface area contributed by atoms with Crippen LogP contribution in [-0.2, 0) is 10.2 Å². The third kappa shape index (κ3) is 5.54. The van der Waals surface area contributed by atoms with Crippen LogP contribution in [0.2, 0.25) is 0 Å². The van der Waals surface area contributed by atoms with E-state index in [0.717, 1.165) is 46.4 Å². The van der Waals surface area contributed by atoms with Crippen molar-refractivity contribution in [3.05, 3.63) is 59.5 Å². The highest BCUT2D eigenvalue weighted by molar-refractivity contribution is 6.09. The number of carbonyl (C=O) groups excluding carboxylic acids is 2. The molecule has 2 aliphatic carbocycles. The van der Waals surface area contributed by atoms with Gasteiger partial charge in [-0.15, -0.1) is 0 Å². The number of carbonyl (C=O) groups is 2. The summed E-state index contributed by atoms with van der Waals surface area (Å²) in [6.45, 7) is 11.8. The molecule has 3 aromatic heterocycles. The number of rotatable bonds is 9. The largest absolute Gasteiger partial charge is 0.344 e. The molecule has 0 unspecified atom stereocenters. The average molecular weight is 679 g/mol. The third-order valence-electron chi connectivity index (χ3n) is 11.5. The SMILES string of the molecule is Cc1cnc(Nc2nc(-c3ccc4c(c3)N([C@H]3C[C@@H](N5CCCCC5)C3)C(=O)C4(C)C)cc3ncn(C(C)C)c23)cc1C(=O)NC1(CF)CC1. The fraction of sp³-hybridized carbons (Fsp3) is 0.513. The highest BCUT2D eigenvalue weighted by Crippen LogP contribution is 2.48. The van der Waals surface area contributed by atoms with Crippen molar-refractivity contribution in [2.24, 2.45) is 0 Å². The maximum Gasteiger partial charge on any atom is 0.252 e. The highest BCUT2D eigenvalue weighted by atomic mass is 19.1. The van der Waals surface area contributed by atoms with Gasteiger partial charge >= 0.3 is 0 Å². The van der Waals surface area contributed by atoms with E-state index < -0.39 is 17.6 Å². The van der Waals surface area contributed by atoms with E-state index in [2.05, 4.69) is 62.0 Å². The van der Waals surface area contributed by atoms with Crippen molar-refractivity contribution in [3.63, 3.8) is 0 Å². The van der Waals surface area contributed by atoms with E-state index in [4.69, 9.17) is 9.97 Å². The Balaban J connectivity index is 1.14. The summed E-state index contributed by atoms with van der Waals surface area (Å²) in [6, 6.07) is 10.8. The van der Waals surface area contributed by atoms with E-state index in [1.807, 2.05) is 33.2 Å². The van der Waals surface area contributed by atoms with Crippen LogP contribution >= 0.6 is 0 Å². The van der Waals surface area contributed by atoms with E-state index in [1.54, 1.807) is 12.3 Å². The summed E-state index contributed by atoms with van der Waals surface area (Å²) < 4.78 is 15.7. The van der Waals surface area contributed by atoms with Gasteiger partial charge in [-0.05, 0) is 116 Å². The van der Waals surface area contributed by atoms with Crippen molar-refractivity contribution in [1.29, 1.82) is 0 Å². The summed E-state index contributed by atoms with van der Waals surface area (Å²) in [7, 11) is 0. The first kappa shape index (κ1) is 32.8. The Morgan fingerprint density at radius 3 is 2.50 bits per heavy atom. The topological polar surface area (TPSA) is 108 Å². The van der Waals surface area contributed by atoms with Gasteiger partial charge in [0, 0.05) is 41.1 Å². The molecule has 0 spiro atoms. The summed E-state index contributed by atoms with van der Waals surface area (Å²) in [6.07, 6.45) is 10.6. The number of hydrogen-bond donors (Lipinski definition) is 2. The van der Waals surface area contributed by atoms with E-state index in [-0.39, 0.29) is 23.9 Å². The molecule has 2 amide bonds. The van der Waals surface area contributed by atoms with Crippen molar-refractivity contribution in [3.8, 4) is 11.3 Å². The lowest BCUT2D eigenvalue weighted by Crippen LogP contribution is -2.57. The maximum absolute atomic E-state index is 14.0. The molecule has 50 heavy (non-hydrogen) atoms. The van der Waals surface area contributed by atoms with Crippen molar-refractivity contribution in [2.75, 3.05) is 30.0 Å². The normalized spacial score (nSPS) is 22.5. The van der Waals surface area contributed by atoms with Crippen LogP contribution in [0.4, 0.5) is 21.7 Å². The Morgan fingerprint density at radius 2 is 1.80 bits per heavy atom. The minimum Gasteiger partial charge on any atom is -0.344 e. The van der Waals surface area contributed by atoms with Crippen molar-refractivity contribution in [2.45, 2.75) is 109 Å². The predicted octanol–water partition coefficient (Wildman–Crippen LogP) is 7.00. The molecule has 3 fully saturated rings. The van der Waals surface area contributed by atoms with Gasteiger partial charge in [0.05, 0.1) is 28.5 Å². The molecule has 0 bridgehead atoms. The van der Waals surface area contributed by atoms with Gasteiger partial charge in [-0.2, -0.15) is 0 Å². The molecule has 5 heterocycles. The first-order chi connectivity index (χ1) is 24.0. The Hall–Kier alpha value is -4.38. The zero-order chi connectivity index (χ0) is 34.9. The molecular formula is C39H47FN8O2. The van der Waals surface area contributed by atoms with Crippen molar-refractivity contribution in [1.82, 2.24) is 29.7 Å². The molecule has 1 saturated heterocycles. The minimum atomic E-state index is -0.745. The number of likely N-dealkylation sites (tertiary alicyclic amines) is 1. The molecule has 11 heteroatoms. The number of aryl methyl sites for hydroxylation is 1. The summed E-state index contributed by atoms with van der Waals surface area (Å²) >= 11 is 0. The molecule has 262 valence electrons. The second-order valence-corrected chi connectivity index (χ2v) is 15.8. The van der Waals surface area contributed by atoms with Gasteiger partial charge in [0.2, 0.25) is 5.91 Å². The number of halogens is 1. The fourth-order valence-electron chi connectivity index (χ4n) is 8.05. The monoisotopic (exact) mass is 678 g/mol. The van der Waals surface area contributed by atoms with Crippen LogP contribution in [-0.4, -0.2) is 73.6 Å². The van der Waals surface area contributed by atoms with Crippen LogP contribution in [0.15, 0.2) is 42.9 Å². The van der Waals surface area contributed by atoms with Gasteiger partial charge < -0.3 is 25.0 Å². The van der Waals surface area contributed by atoms with Crippen LogP contribution in [0, 0.1) is 6.92 Å². The number of piperidine rings is 1. The number of anilines is 3. The molecule has 2 saturated carbocycles. The van der Waals surface area contributed by atoms with Crippen molar-refractivity contribution < 1.29 is 14.0 Å². The molecule has 2 N–H and O–H groups in total. The highest BCUT2D eigenvalue weighted by Gasteiger charge is 2.50. The maximum atomic E-state index is 14.0. The van der Waals surface area contributed by atoms with E-state index in [9.17, 15) is 14.0 Å². The minimum absolute atomic E-state index is 0.119. The fourth-order valence-corrected chi connectivity index (χ4v) is 8.05. The number of nitrogens with one attached hydrogen (secondary N) is 2. The first-order valence-corrected chi connectivity index (χ1v) is 18.2. The number of hydrogen-bond acceptors (Lipinski definition) is 7. The van der Waals surface area contributed by atoms with Crippen LogP contribution in [0.5, 0.6) is 0 Å². The summed E-state index contributed by atoms with van der Waals surface area (Å²) in [4.78, 5) is 46.4. The summed E-state index contributed by atoms with van der Waals surface area (Å²) in [5.74, 6) is 0.869. The number of amides is 2. The number of benzene rings is 1. The lowest BCUT2D eigenvalue weighted by atomic mass is 9.82. The molecule has 4 aliphatic rings. The Kier molecular flexibility index (Phi) is 7.97. The first-order valence-electron chi connectivity index (χ1n) is 18.2. The van der Waals surface area contributed by atoms with Crippen LogP contribution in [0.3, 0.4) is 0 Å². The standard InChI is InChI=1S/C39H47FN8O2/c1-23(2)47-22-42-31-19-30(43-35(34(31)47)44-33-18-28(24(3)20-41-33)36(49)45-39(21-40)11-12-39)25-9-10-29-32(15-25)48(37(50)38(29,4)5)27-16-26(17-27)46-13-7-6-8-14-46/h9-10,15,18-20,22-23,26-27H,6-8,11-14,16-17,21H2,1-5H3,(H,45,49)(H,41,43,44)/t26-,27+. The Labute approximate surface area is 292 Å². The number of nitrogens with zero attached hydrogens (tertiary/aromatic N) is 6. The van der Waals surface area contributed by atoms with Crippen LogP contribution in [0.25, 0.3) is 22.3 Å². The summed E-state index contributed by atoms with van der Waals surface area (Å²) in [5.41, 5.74) is 5.03. The number of pyridine rings is 2. The quantitative estimate of drug-likeness (QED) is 0.196. The Bertz CT molecular complexity index is 1990. The lowest BCUT2D eigenvalue weighted by Gasteiger charge is -2.48. The molecule has 0 radical (unpaired) electrons. The third-order valence-corrected chi connectivity index (χ3v) is 11.5. The van der Waals surface area contributed by atoms with Gasteiger partial charge in [-0.1, -0.05) is 18.6 Å². The van der Waals surface area contributed by atoms with Gasteiger partial charge in [-0.25, -0.2) is 19.3 Å². The van der Waals surface area contributed by atoms with Crippen LogP contribution < -0.4 is 15.5 Å². The average Bonchev–Trinajstić information content (AvgIpc) is 3.67. The Morgan fingerprint density at radius 1 is 1.04 bits per heavy atom. The predicted molar refractivity (Wildman–Crippen MR) is 194 cm³/mol. The number of aromatic nitrogens is 4. The van der Waals surface area contributed by atoms with Crippen molar-refractivity contribution >= 4 is 40.2 Å². The van der Waals surface area contributed by atoms with Gasteiger partial charge in [-0.3, -0.25) is 9.59 Å². The molecule has 2 aliphatic heterocycles. The van der Waals surface area contributed by atoms with Crippen LogP contribution in [0.1, 0.15) is 100 Å². The van der Waals surface area contributed by atoms with E-state index in [0.29, 0.717) is 41.6 Å². The molecule has 0 atom stereocenters. The van der Waals surface area contributed by atoms with Gasteiger partial charge in [0.25, 0.3) is 5.91 Å². The molecule has 1 aromatic carbocycles. The molecular weight excluding hydrogens is 631 g/mol. The molecule has 8 rings (SSSR count).